The number of sulfonamides is 1. The molecule has 0 spiro atoms. The molecule has 0 unspecified atom stereocenters. The molecule has 1 aromatic carbocycles. The number of thioether (sulfide) groups is 1. The van der Waals surface area contributed by atoms with E-state index in [4.69, 9.17) is 4.98 Å². The predicted molar refractivity (Wildman–Crippen MR) is 120 cm³/mol. The molecule has 6 nitrogen and oxygen atoms in total. The van der Waals surface area contributed by atoms with Gasteiger partial charge in [-0.25, -0.2) is 18.1 Å². The molecule has 154 valence electrons. The SMILES string of the molecule is CNS(=O)(=O)CCCSc1nc2sc3c(c2c(=O)n1-c1ccc(C)cc1)CCC3. The van der Waals surface area contributed by atoms with Crippen LogP contribution in [0.1, 0.15) is 28.8 Å². The van der Waals surface area contributed by atoms with Crippen LogP contribution in [0.5, 0.6) is 0 Å². The summed E-state index contributed by atoms with van der Waals surface area (Å²) in [7, 11) is -1.81. The van der Waals surface area contributed by atoms with E-state index in [0.717, 1.165) is 40.7 Å². The molecule has 2 aromatic heterocycles. The largest absolute Gasteiger partial charge is 0.268 e. The first-order valence-electron chi connectivity index (χ1n) is 9.58. The monoisotopic (exact) mass is 449 g/mol. The minimum atomic E-state index is -3.23. The number of hydrogen-bond acceptors (Lipinski definition) is 6. The zero-order valence-corrected chi connectivity index (χ0v) is 18.8. The molecule has 0 bridgehead atoms. The normalized spacial score (nSPS) is 13.9. The Balaban J connectivity index is 1.74. The second-order valence-electron chi connectivity index (χ2n) is 7.13. The van der Waals surface area contributed by atoms with E-state index in [1.165, 1.54) is 29.3 Å². The first kappa shape index (κ1) is 20.6. The van der Waals surface area contributed by atoms with Crippen LogP contribution in [0.3, 0.4) is 0 Å². The molecule has 3 aromatic rings. The molecule has 4 rings (SSSR count). The molecule has 1 aliphatic rings. The van der Waals surface area contributed by atoms with E-state index >= 15 is 0 Å². The molecule has 0 radical (unpaired) electrons. The lowest BCUT2D eigenvalue weighted by atomic mass is 10.2. The third-order valence-corrected chi connectivity index (χ3v) is 8.76. The molecule has 0 fully saturated rings. The highest BCUT2D eigenvalue weighted by molar-refractivity contribution is 7.99. The summed E-state index contributed by atoms with van der Waals surface area (Å²) in [5.41, 5.74) is 3.06. The second-order valence-corrected chi connectivity index (χ2v) is 11.3. The topological polar surface area (TPSA) is 81.1 Å². The van der Waals surface area contributed by atoms with E-state index in [1.54, 1.807) is 15.9 Å². The van der Waals surface area contributed by atoms with Crippen molar-refractivity contribution in [3.05, 3.63) is 50.6 Å². The molecule has 1 aliphatic carbocycles. The molecular weight excluding hydrogens is 426 g/mol. The minimum absolute atomic E-state index is 0.0244. The van der Waals surface area contributed by atoms with Gasteiger partial charge in [-0.1, -0.05) is 29.5 Å². The van der Waals surface area contributed by atoms with Crippen LogP contribution in [-0.4, -0.2) is 36.5 Å². The number of benzene rings is 1. The van der Waals surface area contributed by atoms with Gasteiger partial charge in [0, 0.05) is 10.6 Å². The van der Waals surface area contributed by atoms with E-state index in [1.807, 2.05) is 31.2 Å². The third kappa shape index (κ3) is 4.14. The maximum Gasteiger partial charge on any atom is 0.267 e. The fourth-order valence-electron chi connectivity index (χ4n) is 3.56. The Hall–Kier alpha value is -1.68. The van der Waals surface area contributed by atoms with Crippen molar-refractivity contribution in [1.82, 2.24) is 14.3 Å². The van der Waals surface area contributed by atoms with Crippen molar-refractivity contribution >= 4 is 43.3 Å². The van der Waals surface area contributed by atoms with E-state index in [-0.39, 0.29) is 11.3 Å². The number of nitrogens with one attached hydrogen (secondary N) is 1. The van der Waals surface area contributed by atoms with Crippen molar-refractivity contribution in [2.45, 2.75) is 37.8 Å². The summed E-state index contributed by atoms with van der Waals surface area (Å²) in [6, 6.07) is 7.84. The van der Waals surface area contributed by atoms with Gasteiger partial charge in [0.1, 0.15) is 4.83 Å². The van der Waals surface area contributed by atoms with Crippen molar-refractivity contribution < 1.29 is 8.42 Å². The van der Waals surface area contributed by atoms with E-state index < -0.39 is 10.0 Å². The molecule has 0 amide bonds. The summed E-state index contributed by atoms with van der Waals surface area (Å²) in [6.07, 6.45) is 3.54. The third-order valence-electron chi connectivity index (χ3n) is 5.10. The van der Waals surface area contributed by atoms with Crippen LogP contribution in [0, 0.1) is 6.92 Å². The maximum atomic E-state index is 13.5. The lowest BCUT2D eigenvalue weighted by molar-refractivity contribution is 0.587. The first-order valence-corrected chi connectivity index (χ1v) is 13.0. The van der Waals surface area contributed by atoms with Crippen molar-refractivity contribution in [3.63, 3.8) is 0 Å². The number of rotatable bonds is 7. The molecule has 29 heavy (non-hydrogen) atoms. The highest BCUT2D eigenvalue weighted by Gasteiger charge is 2.24. The van der Waals surface area contributed by atoms with Crippen molar-refractivity contribution in [2.24, 2.45) is 0 Å². The summed E-state index contributed by atoms with van der Waals surface area (Å²) in [5.74, 6) is 0.622. The van der Waals surface area contributed by atoms with Gasteiger partial charge < -0.3 is 0 Å². The van der Waals surface area contributed by atoms with Crippen LogP contribution < -0.4 is 10.3 Å². The van der Waals surface area contributed by atoms with Gasteiger partial charge in [0.25, 0.3) is 5.56 Å². The fraction of sp³-hybridized carbons (Fsp3) is 0.400. The van der Waals surface area contributed by atoms with E-state index in [0.29, 0.717) is 17.3 Å². The quantitative estimate of drug-likeness (QED) is 0.340. The van der Waals surface area contributed by atoms with Gasteiger partial charge in [0.15, 0.2) is 5.16 Å². The summed E-state index contributed by atoms with van der Waals surface area (Å²) in [6.45, 7) is 2.01. The Bertz CT molecular complexity index is 1210. The zero-order chi connectivity index (χ0) is 20.6. The molecule has 2 heterocycles. The van der Waals surface area contributed by atoms with Crippen molar-refractivity contribution in [1.29, 1.82) is 0 Å². The average Bonchev–Trinajstić information content (AvgIpc) is 3.27. The van der Waals surface area contributed by atoms with Gasteiger partial charge in [-0.2, -0.15) is 0 Å². The predicted octanol–water partition coefficient (Wildman–Crippen LogP) is 3.28. The van der Waals surface area contributed by atoms with Gasteiger partial charge in [-0.05, 0) is 57.4 Å². The highest BCUT2D eigenvalue weighted by atomic mass is 32.2. The lowest BCUT2D eigenvalue weighted by Gasteiger charge is -2.13. The van der Waals surface area contributed by atoms with Crippen LogP contribution in [-0.2, 0) is 22.9 Å². The van der Waals surface area contributed by atoms with Crippen LogP contribution in [0.2, 0.25) is 0 Å². The Kier molecular flexibility index (Phi) is 5.83. The number of nitrogens with zero attached hydrogens (tertiary/aromatic N) is 2. The summed E-state index contributed by atoms with van der Waals surface area (Å²) in [4.78, 5) is 20.4. The zero-order valence-electron chi connectivity index (χ0n) is 16.4. The van der Waals surface area contributed by atoms with Gasteiger partial charge in [-0.15, -0.1) is 11.3 Å². The standard InChI is InChI=1S/C20H23N3O3S3/c1-13-7-9-14(10-8-13)23-19(24)17-15-5-3-6-16(15)28-18(17)22-20(23)27-11-4-12-29(25,26)21-2/h7-10,21H,3-6,11-12H2,1-2H3. The Morgan fingerprint density at radius 1 is 1.24 bits per heavy atom. The van der Waals surface area contributed by atoms with Crippen LogP contribution in [0.25, 0.3) is 15.9 Å². The maximum absolute atomic E-state index is 13.5. The smallest absolute Gasteiger partial charge is 0.267 e. The number of aromatic nitrogens is 2. The highest BCUT2D eigenvalue weighted by Crippen LogP contribution is 2.36. The van der Waals surface area contributed by atoms with Gasteiger partial charge in [-0.3, -0.25) is 9.36 Å². The number of hydrogen-bond donors (Lipinski definition) is 1. The summed E-state index contributed by atoms with van der Waals surface area (Å²) in [5, 5.41) is 1.37. The molecular formula is C20H23N3O3S3. The van der Waals surface area contributed by atoms with Gasteiger partial charge >= 0.3 is 0 Å². The van der Waals surface area contributed by atoms with E-state index in [9.17, 15) is 13.2 Å². The molecule has 9 heteroatoms. The van der Waals surface area contributed by atoms with Crippen molar-refractivity contribution in [3.8, 4) is 5.69 Å². The number of thiophene rings is 1. The molecule has 0 saturated carbocycles. The second kappa shape index (κ2) is 8.22. The summed E-state index contributed by atoms with van der Waals surface area (Å²) < 4.78 is 27.3. The van der Waals surface area contributed by atoms with E-state index in [2.05, 4.69) is 4.72 Å². The Morgan fingerprint density at radius 3 is 2.72 bits per heavy atom. The molecule has 1 N–H and O–H groups in total. The van der Waals surface area contributed by atoms with Crippen LogP contribution in [0.4, 0.5) is 0 Å². The van der Waals surface area contributed by atoms with Crippen molar-refractivity contribution in [2.75, 3.05) is 18.6 Å². The molecule has 0 aliphatic heterocycles. The first-order chi connectivity index (χ1) is 13.9. The Labute approximate surface area is 178 Å². The van der Waals surface area contributed by atoms with Crippen LogP contribution in [0.15, 0.2) is 34.2 Å². The molecule has 0 saturated heterocycles. The minimum Gasteiger partial charge on any atom is -0.268 e. The lowest BCUT2D eigenvalue weighted by Crippen LogP contribution is -2.23. The fourth-order valence-corrected chi connectivity index (χ4v) is 6.72. The van der Waals surface area contributed by atoms with Gasteiger partial charge in [0.05, 0.1) is 16.8 Å². The number of aryl methyl sites for hydroxylation is 3. The number of fused-ring (bicyclic) bond motifs is 3. The van der Waals surface area contributed by atoms with Gasteiger partial charge in [0.2, 0.25) is 10.0 Å². The Morgan fingerprint density at radius 2 is 2.00 bits per heavy atom. The van der Waals surface area contributed by atoms with Crippen LogP contribution >= 0.6 is 23.1 Å². The average molecular weight is 450 g/mol. The molecule has 0 atom stereocenters. The summed E-state index contributed by atoms with van der Waals surface area (Å²) >= 11 is 3.06.